The van der Waals surface area contributed by atoms with E-state index in [1.54, 1.807) is 0 Å². The lowest BCUT2D eigenvalue weighted by Crippen LogP contribution is -1.85. The predicted octanol–water partition coefficient (Wildman–Crippen LogP) is -1.21. The number of hydrogen-bond acceptors (Lipinski definition) is 1. The standard InChI is InChI=1S/C2H6OSi.Al.OSi/c1-2-3-4;;1-2/h3H,2H2,1H3;;/q+1;;-1. The summed E-state index contributed by atoms with van der Waals surface area (Å²) in [5, 5.41) is 0. The fourth-order valence-electron chi connectivity index (χ4n) is 0. The first-order valence-electron chi connectivity index (χ1n) is 1.69. The van der Waals surface area contributed by atoms with Crippen LogP contribution in [0.1, 0.15) is 6.92 Å². The lowest BCUT2D eigenvalue weighted by molar-refractivity contribution is 0.179. The fourth-order valence-corrected chi connectivity index (χ4v) is 0. The molecule has 0 saturated carbocycles. The highest BCUT2D eigenvalue weighted by Gasteiger charge is 1.62. The van der Waals surface area contributed by atoms with Gasteiger partial charge >= 0.3 is 10.5 Å². The molecular formula is C2H6AlO2Si2. The monoisotopic (exact) mass is 145 g/mol. The number of rotatable bonds is 1. The lowest BCUT2D eigenvalue weighted by atomic mass is 10.9. The first kappa shape index (κ1) is 10.8. The van der Waals surface area contributed by atoms with Gasteiger partial charge in [0.1, 0.15) is 6.61 Å². The summed E-state index contributed by atoms with van der Waals surface area (Å²) in [5.41, 5.74) is 0. The molecule has 0 fully saturated rings. The molecule has 0 aromatic carbocycles. The van der Waals surface area contributed by atoms with Crippen LogP contribution in [0, 0.1) is 0 Å². The second-order valence-electron chi connectivity index (χ2n) is 0.592. The van der Waals surface area contributed by atoms with Crippen LogP contribution in [0.2, 0.25) is 0 Å². The van der Waals surface area contributed by atoms with Crippen LogP contribution in [-0.2, 0) is 3.48 Å². The number of hydrogen-bond donors (Lipinski definition) is 0. The summed E-state index contributed by atoms with van der Waals surface area (Å²) in [6.07, 6.45) is 0. The van der Waals surface area contributed by atoms with Crippen molar-refractivity contribution in [2.24, 2.45) is 0 Å². The maximum Gasteiger partial charge on any atom is 0.621 e. The summed E-state index contributed by atoms with van der Waals surface area (Å²) in [4.78, 5) is 0. The summed E-state index contributed by atoms with van der Waals surface area (Å²) in [7, 11) is 5.56. The van der Waals surface area contributed by atoms with Crippen LogP contribution in [0.4, 0.5) is 0 Å². The first-order valence-corrected chi connectivity index (χ1v) is 3.01. The highest BCUT2D eigenvalue weighted by molar-refractivity contribution is 6.15. The third kappa shape index (κ3) is 46.2. The maximum atomic E-state index is 3.97. The Bertz CT molecular complexity index is 21.2. The van der Waals surface area contributed by atoms with E-state index in [0.29, 0.717) is 0 Å². The SMILES string of the molecule is CC[OH+][Si].[Al-][O][Si]. The van der Waals surface area contributed by atoms with Gasteiger partial charge < -0.3 is 24.5 Å². The minimum absolute atomic E-state index is 0.858. The van der Waals surface area contributed by atoms with Gasteiger partial charge in [0.25, 0.3) is 0 Å². The van der Waals surface area contributed by atoms with Crippen molar-refractivity contribution in [3.05, 3.63) is 0 Å². The predicted molar refractivity (Wildman–Crippen MR) is 31.1 cm³/mol. The Morgan fingerprint density at radius 3 is 2.00 bits per heavy atom. The molecule has 2 nitrogen and oxygen atoms in total. The largest absolute Gasteiger partial charge is 0.794 e. The molecule has 0 atom stereocenters. The highest BCUT2D eigenvalue weighted by Crippen LogP contribution is 1.43. The molecule has 7 heavy (non-hydrogen) atoms. The van der Waals surface area contributed by atoms with Crippen molar-refractivity contribution < 1.29 is 7.90 Å². The Balaban J connectivity index is 0. The second-order valence-corrected chi connectivity index (χ2v) is 1.85. The maximum absolute atomic E-state index is 3.97. The minimum Gasteiger partial charge on any atom is -0.794 e. The van der Waals surface area contributed by atoms with Crippen molar-refractivity contribution in [2.45, 2.75) is 6.92 Å². The van der Waals surface area contributed by atoms with E-state index in [9.17, 15) is 0 Å². The van der Waals surface area contributed by atoms with Crippen molar-refractivity contribution in [2.75, 3.05) is 6.61 Å². The van der Waals surface area contributed by atoms with Crippen molar-refractivity contribution in [3.8, 4) is 0 Å². The zero-order valence-corrected chi connectivity index (χ0v) is 7.29. The molecule has 0 bridgehead atoms. The molecule has 0 rings (SSSR count). The Kier molecular flexibility index (Phi) is 24.4. The summed E-state index contributed by atoms with van der Waals surface area (Å²) in [6, 6.07) is 0. The van der Waals surface area contributed by atoms with Crippen LogP contribution >= 0.6 is 0 Å². The van der Waals surface area contributed by atoms with Crippen LogP contribution in [0.15, 0.2) is 0 Å². The van der Waals surface area contributed by atoms with E-state index in [0.717, 1.165) is 6.61 Å². The third-order valence-corrected chi connectivity index (χ3v) is 0.474. The zero-order chi connectivity index (χ0) is 6.12. The van der Waals surface area contributed by atoms with E-state index in [1.807, 2.05) is 23.5 Å². The molecule has 0 unspecified atom stereocenters. The minimum atomic E-state index is 0.858. The van der Waals surface area contributed by atoms with Crippen LogP contribution in [0.3, 0.4) is 0 Å². The van der Waals surface area contributed by atoms with Gasteiger partial charge in [0, 0.05) is 6.92 Å². The van der Waals surface area contributed by atoms with Gasteiger partial charge in [0.15, 0.2) is 10.5 Å². The van der Waals surface area contributed by atoms with Gasteiger partial charge in [0.05, 0.1) is 0 Å². The van der Waals surface area contributed by atoms with Crippen LogP contribution in [-0.4, -0.2) is 48.6 Å². The summed E-state index contributed by atoms with van der Waals surface area (Å²) < 4.78 is 7.51. The smallest absolute Gasteiger partial charge is 0.621 e. The van der Waals surface area contributed by atoms with Gasteiger partial charge in [-0.1, -0.05) is 0 Å². The molecule has 0 amide bonds. The molecule has 0 aromatic rings. The van der Waals surface area contributed by atoms with Crippen molar-refractivity contribution >= 4 is 37.6 Å². The number of aliphatic hydroxyl groups is 1. The van der Waals surface area contributed by atoms with E-state index in [2.05, 4.69) is 28.9 Å². The Labute approximate surface area is 59.4 Å². The van der Waals surface area contributed by atoms with E-state index in [4.69, 9.17) is 0 Å². The zero-order valence-electron chi connectivity index (χ0n) is 4.14. The molecule has 0 aliphatic carbocycles. The van der Waals surface area contributed by atoms with Gasteiger partial charge in [-0.05, 0) is 0 Å². The molecule has 1 N–H and O–H groups in total. The van der Waals surface area contributed by atoms with E-state index < -0.39 is 0 Å². The van der Waals surface area contributed by atoms with Crippen LogP contribution < -0.4 is 0 Å². The van der Waals surface area contributed by atoms with E-state index in [-0.39, 0.29) is 0 Å². The average molecular weight is 145 g/mol. The third-order valence-electron chi connectivity index (χ3n) is 0.158. The topological polar surface area (TPSA) is 22.0 Å². The highest BCUT2D eigenvalue weighted by atomic mass is 28.2. The van der Waals surface area contributed by atoms with Gasteiger partial charge in [0.2, 0.25) is 0 Å². The van der Waals surface area contributed by atoms with Gasteiger partial charge in [-0.15, -0.1) is 0 Å². The Morgan fingerprint density at radius 1 is 1.86 bits per heavy atom. The molecule has 5 heteroatoms. The van der Waals surface area contributed by atoms with E-state index in [1.165, 1.54) is 0 Å². The van der Waals surface area contributed by atoms with Crippen molar-refractivity contribution in [3.63, 3.8) is 0 Å². The summed E-state index contributed by atoms with van der Waals surface area (Å²) in [6.45, 7) is 2.82. The molecule has 9 radical (unpaired) electrons. The second kappa shape index (κ2) is 15.8. The molecule has 0 heterocycles. The average Bonchev–Trinajstić information content (AvgIpc) is 1.69. The molecule has 0 aliphatic heterocycles. The molecular weight excluding hydrogens is 139 g/mol. The van der Waals surface area contributed by atoms with Gasteiger partial charge in [-0.2, -0.15) is 0 Å². The molecule has 37 valence electrons. The quantitative estimate of drug-likeness (QED) is 0.335. The van der Waals surface area contributed by atoms with Crippen molar-refractivity contribution in [1.82, 2.24) is 0 Å². The van der Waals surface area contributed by atoms with Crippen LogP contribution in [0.5, 0.6) is 0 Å². The summed E-state index contributed by atoms with van der Waals surface area (Å²) in [5.74, 6) is 0. The van der Waals surface area contributed by atoms with Gasteiger partial charge in [-0.25, -0.2) is 0 Å². The van der Waals surface area contributed by atoms with Gasteiger partial charge in [-0.3, -0.25) is 0 Å². The Hall–Kier alpha value is 0.886. The molecule has 0 aromatic heterocycles. The normalized spacial score (nSPS) is 6.86. The first-order chi connectivity index (χ1) is 3.33. The molecule has 0 aliphatic rings. The lowest BCUT2D eigenvalue weighted by Gasteiger charge is -1.92. The molecule has 0 saturated heterocycles. The Morgan fingerprint density at radius 2 is 2.00 bits per heavy atom. The molecule has 0 spiro atoms. The van der Waals surface area contributed by atoms with Crippen molar-refractivity contribution in [1.29, 1.82) is 0 Å². The fraction of sp³-hybridized carbons (Fsp3) is 1.00. The summed E-state index contributed by atoms with van der Waals surface area (Å²) >= 11 is 1.99. The van der Waals surface area contributed by atoms with E-state index >= 15 is 0 Å². The van der Waals surface area contributed by atoms with Crippen LogP contribution in [0.25, 0.3) is 0 Å².